The van der Waals surface area contributed by atoms with E-state index in [2.05, 4.69) is 15.6 Å². The molecule has 1 aromatic carbocycles. The van der Waals surface area contributed by atoms with Gasteiger partial charge in [0.15, 0.2) is 5.96 Å². The average molecular weight is 541 g/mol. The number of ether oxygens (including phenoxy) is 1. The minimum atomic E-state index is 0. The fourth-order valence-corrected chi connectivity index (χ4v) is 2.83. The first-order valence-corrected chi connectivity index (χ1v) is 9.88. The number of rotatable bonds is 9. The van der Waals surface area contributed by atoms with Crippen molar-refractivity contribution in [3.05, 3.63) is 83.0 Å². The lowest BCUT2D eigenvalue weighted by Gasteiger charge is -2.12. The van der Waals surface area contributed by atoms with Gasteiger partial charge >= 0.3 is 0 Å². The standard InChI is InChI=1S/C22H25ClN4O2.HI/c1-28-19-7-4-17(5-8-19)16-27-22(25-13-11-20-3-2-14-29-20)24-12-10-18-6-9-21(23)26-15-18;/h2-9,14-15H,10-13,16H2,1H3,(H2,24,25,27);1H. The predicted molar refractivity (Wildman–Crippen MR) is 131 cm³/mol. The number of guanidine groups is 1. The third-order valence-corrected chi connectivity index (χ3v) is 4.54. The number of furan rings is 1. The Kier molecular flexibility index (Phi) is 10.5. The largest absolute Gasteiger partial charge is 0.497 e. The lowest BCUT2D eigenvalue weighted by molar-refractivity contribution is 0.414. The van der Waals surface area contributed by atoms with Gasteiger partial charge in [0.2, 0.25) is 0 Å². The van der Waals surface area contributed by atoms with Crippen LogP contribution in [0.1, 0.15) is 16.9 Å². The topological polar surface area (TPSA) is 71.7 Å². The van der Waals surface area contributed by atoms with Gasteiger partial charge in [-0.15, -0.1) is 24.0 Å². The van der Waals surface area contributed by atoms with E-state index < -0.39 is 0 Å². The number of methoxy groups -OCH3 is 1. The van der Waals surface area contributed by atoms with Gasteiger partial charge in [-0.25, -0.2) is 9.98 Å². The van der Waals surface area contributed by atoms with E-state index in [0.717, 1.165) is 54.5 Å². The van der Waals surface area contributed by atoms with Crippen molar-refractivity contribution in [2.24, 2.45) is 4.99 Å². The summed E-state index contributed by atoms with van der Waals surface area (Å²) in [6.07, 6.45) is 5.10. The molecule has 160 valence electrons. The Labute approximate surface area is 199 Å². The number of hydrogen-bond donors (Lipinski definition) is 2. The van der Waals surface area contributed by atoms with E-state index in [4.69, 9.17) is 25.7 Å². The number of aromatic nitrogens is 1. The molecule has 0 aliphatic rings. The summed E-state index contributed by atoms with van der Waals surface area (Å²) in [5.74, 6) is 2.54. The lowest BCUT2D eigenvalue weighted by Crippen LogP contribution is -2.39. The molecule has 0 aliphatic heterocycles. The van der Waals surface area contributed by atoms with Crippen LogP contribution < -0.4 is 15.4 Å². The van der Waals surface area contributed by atoms with Crippen LogP contribution in [-0.2, 0) is 19.4 Å². The third kappa shape index (κ3) is 8.23. The second-order valence-corrected chi connectivity index (χ2v) is 6.82. The normalized spacial score (nSPS) is 10.9. The molecule has 30 heavy (non-hydrogen) atoms. The molecule has 6 nitrogen and oxygen atoms in total. The molecule has 2 aromatic heterocycles. The molecule has 8 heteroatoms. The van der Waals surface area contributed by atoms with E-state index in [1.807, 2.05) is 42.5 Å². The number of aliphatic imine (C=N–C) groups is 1. The van der Waals surface area contributed by atoms with Crippen molar-refractivity contribution in [3.8, 4) is 5.75 Å². The maximum atomic E-state index is 5.84. The smallest absolute Gasteiger partial charge is 0.191 e. The van der Waals surface area contributed by atoms with Crippen LogP contribution in [0.25, 0.3) is 0 Å². The molecule has 3 rings (SSSR count). The van der Waals surface area contributed by atoms with Gasteiger partial charge in [-0.3, -0.25) is 0 Å². The molecule has 0 fully saturated rings. The average Bonchev–Trinajstić information content (AvgIpc) is 3.27. The van der Waals surface area contributed by atoms with Crippen LogP contribution in [0.2, 0.25) is 5.15 Å². The first-order chi connectivity index (χ1) is 14.2. The van der Waals surface area contributed by atoms with Gasteiger partial charge in [0, 0.05) is 25.7 Å². The van der Waals surface area contributed by atoms with E-state index in [1.54, 1.807) is 25.6 Å². The van der Waals surface area contributed by atoms with Gasteiger partial charge in [0.25, 0.3) is 0 Å². The molecule has 0 amide bonds. The Morgan fingerprint density at radius 2 is 1.77 bits per heavy atom. The summed E-state index contributed by atoms with van der Waals surface area (Å²) in [7, 11) is 1.66. The summed E-state index contributed by atoms with van der Waals surface area (Å²) < 4.78 is 10.6. The predicted octanol–water partition coefficient (Wildman–Crippen LogP) is 4.48. The molecule has 0 aliphatic carbocycles. The molecular weight excluding hydrogens is 515 g/mol. The Morgan fingerprint density at radius 1 is 1.03 bits per heavy atom. The van der Waals surface area contributed by atoms with E-state index in [0.29, 0.717) is 11.7 Å². The van der Waals surface area contributed by atoms with Crippen LogP contribution >= 0.6 is 35.6 Å². The molecule has 0 atom stereocenters. The van der Waals surface area contributed by atoms with E-state index in [1.165, 1.54) is 0 Å². The second-order valence-electron chi connectivity index (χ2n) is 6.43. The first kappa shape index (κ1) is 24.0. The monoisotopic (exact) mass is 540 g/mol. The molecule has 0 unspecified atom stereocenters. The van der Waals surface area contributed by atoms with Gasteiger partial charge in [-0.2, -0.15) is 0 Å². The molecule has 0 bridgehead atoms. The van der Waals surface area contributed by atoms with E-state index in [9.17, 15) is 0 Å². The van der Waals surface area contributed by atoms with Crippen molar-refractivity contribution >= 4 is 41.5 Å². The maximum Gasteiger partial charge on any atom is 0.191 e. The van der Waals surface area contributed by atoms with Crippen molar-refractivity contribution in [1.82, 2.24) is 15.6 Å². The summed E-state index contributed by atoms with van der Waals surface area (Å²) in [5.41, 5.74) is 2.23. The van der Waals surface area contributed by atoms with Crippen LogP contribution in [0.15, 0.2) is 70.4 Å². The summed E-state index contributed by atoms with van der Waals surface area (Å²) in [5, 5.41) is 7.25. The summed E-state index contributed by atoms with van der Waals surface area (Å²) in [6, 6.07) is 15.6. The Bertz CT molecular complexity index is 885. The molecule has 0 radical (unpaired) electrons. The summed E-state index contributed by atoms with van der Waals surface area (Å²) in [6.45, 7) is 2.03. The van der Waals surface area contributed by atoms with Crippen LogP contribution in [0.5, 0.6) is 5.75 Å². The highest BCUT2D eigenvalue weighted by molar-refractivity contribution is 14.0. The number of benzene rings is 1. The van der Waals surface area contributed by atoms with Gasteiger partial charge in [-0.05, 0) is 47.9 Å². The number of hydrogen-bond acceptors (Lipinski definition) is 4. The van der Waals surface area contributed by atoms with E-state index >= 15 is 0 Å². The fraction of sp³-hybridized carbons (Fsp3) is 0.273. The SMILES string of the molecule is COc1ccc(CN=C(NCCc2ccc(Cl)nc2)NCCc2ccco2)cc1.I. The number of halogens is 2. The molecule has 2 N–H and O–H groups in total. The Hall–Kier alpha value is -2.26. The maximum absolute atomic E-state index is 5.84. The van der Waals surface area contributed by atoms with Crippen LogP contribution in [0.3, 0.4) is 0 Å². The Morgan fingerprint density at radius 3 is 2.40 bits per heavy atom. The summed E-state index contributed by atoms with van der Waals surface area (Å²) >= 11 is 5.84. The lowest BCUT2D eigenvalue weighted by atomic mass is 10.2. The quantitative estimate of drug-likeness (QED) is 0.181. The summed E-state index contributed by atoms with van der Waals surface area (Å²) in [4.78, 5) is 8.82. The van der Waals surface area contributed by atoms with Crippen LogP contribution in [0, 0.1) is 0 Å². The van der Waals surface area contributed by atoms with Gasteiger partial charge in [0.05, 0.1) is 19.9 Å². The number of nitrogens with one attached hydrogen (secondary N) is 2. The molecule has 0 spiro atoms. The fourth-order valence-electron chi connectivity index (χ4n) is 2.71. The van der Waals surface area contributed by atoms with Crippen molar-refractivity contribution in [2.75, 3.05) is 20.2 Å². The van der Waals surface area contributed by atoms with Crippen molar-refractivity contribution in [2.45, 2.75) is 19.4 Å². The zero-order valence-corrected chi connectivity index (χ0v) is 19.9. The van der Waals surface area contributed by atoms with E-state index in [-0.39, 0.29) is 24.0 Å². The van der Waals surface area contributed by atoms with Crippen molar-refractivity contribution < 1.29 is 9.15 Å². The van der Waals surface area contributed by atoms with Gasteiger partial charge < -0.3 is 19.8 Å². The highest BCUT2D eigenvalue weighted by Crippen LogP contribution is 2.12. The molecule has 0 saturated heterocycles. The van der Waals surface area contributed by atoms with Crippen LogP contribution in [-0.4, -0.2) is 31.1 Å². The minimum absolute atomic E-state index is 0. The number of pyridine rings is 1. The Balaban J connectivity index is 0.00000320. The highest BCUT2D eigenvalue weighted by atomic mass is 127. The molecule has 0 saturated carbocycles. The zero-order chi connectivity index (χ0) is 20.3. The van der Waals surface area contributed by atoms with Gasteiger partial charge in [0.1, 0.15) is 16.7 Å². The molecule has 2 heterocycles. The van der Waals surface area contributed by atoms with Crippen LogP contribution in [0.4, 0.5) is 0 Å². The number of nitrogens with zero attached hydrogens (tertiary/aromatic N) is 2. The van der Waals surface area contributed by atoms with Crippen molar-refractivity contribution in [1.29, 1.82) is 0 Å². The third-order valence-electron chi connectivity index (χ3n) is 4.32. The first-order valence-electron chi connectivity index (χ1n) is 9.51. The van der Waals surface area contributed by atoms with Gasteiger partial charge in [-0.1, -0.05) is 29.8 Å². The molecular formula is C22H26ClIN4O2. The highest BCUT2D eigenvalue weighted by Gasteiger charge is 2.02. The molecule has 3 aromatic rings. The minimum Gasteiger partial charge on any atom is -0.497 e. The second kappa shape index (κ2) is 13.1. The van der Waals surface area contributed by atoms with Crippen molar-refractivity contribution in [3.63, 3.8) is 0 Å². The zero-order valence-electron chi connectivity index (χ0n) is 16.8.